The number of benzene rings is 1. The summed E-state index contributed by atoms with van der Waals surface area (Å²) in [5, 5.41) is 13.6. The third-order valence-electron chi connectivity index (χ3n) is 2.79. The summed E-state index contributed by atoms with van der Waals surface area (Å²) in [5.74, 6) is 1.60. The zero-order valence-electron chi connectivity index (χ0n) is 11.5. The molecule has 0 saturated heterocycles. The number of methoxy groups -OCH3 is 1. The average molecular weight is 278 g/mol. The van der Waals surface area contributed by atoms with Crippen LogP contribution >= 0.6 is 0 Å². The molecule has 108 valence electrons. The van der Waals surface area contributed by atoms with Gasteiger partial charge in [0.1, 0.15) is 0 Å². The van der Waals surface area contributed by atoms with Gasteiger partial charge >= 0.3 is 0 Å². The standard InChI is InChI=1S/C13H18N4O3/c1-17(8-12-15-13(6-14)20-16-12)7-9-3-4-11(19-2)10(18)5-9/h3-5,18H,6-8,14H2,1-2H3. The molecular weight excluding hydrogens is 260 g/mol. The van der Waals surface area contributed by atoms with Gasteiger partial charge in [-0.1, -0.05) is 11.2 Å². The van der Waals surface area contributed by atoms with E-state index in [0.717, 1.165) is 5.56 Å². The second kappa shape index (κ2) is 6.36. The van der Waals surface area contributed by atoms with E-state index in [1.54, 1.807) is 12.1 Å². The number of rotatable bonds is 6. The normalized spacial score (nSPS) is 11.0. The van der Waals surface area contributed by atoms with Gasteiger partial charge in [0.25, 0.3) is 0 Å². The van der Waals surface area contributed by atoms with Crippen molar-refractivity contribution in [2.24, 2.45) is 5.73 Å². The van der Waals surface area contributed by atoms with Crippen molar-refractivity contribution in [1.29, 1.82) is 0 Å². The molecule has 0 atom stereocenters. The Balaban J connectivity index is 1.97. The zero-order valence-corrected chi connectivity index (χ0v) is 11.5. The summed E-state index contributed by atoms with van der Waals surface area (Å²) in [4.78, 5) is 6.15. The van der Waals surface area contributed by atoms with Crippen LogP contribution in [0.5, 0.6) is 11.5 Å². The molecule has 0 amide bonds. The molecule has 3 N–H and O–H groups in total. The predicted molar refractivity (Wildman–Crippen MR) is 72.0 cm³/mol. The first-order chi connectivity index (χ1) is 9.62. The zero-order chi connectivity index (χ0) is 14.5. The number of nitrogens with two attached hydrogens (primary N) is 1. The van der Waals surface area contributed by atoms with Gasteiger partial charge in [0, 0.05) is 6.54 Å². The molecule has 7 heteroatoms. The Morgan fingerprint density at radius 1 is 1.40 bits per heavy atom. The number of phenolic OH excluding ortho intramolecular Hbond substituents is 1. The number of ether oxygens (including phenoxy) is 1. The Hall–Kier alpha value is -2.12. The molecule has 0 aliphatic heterocycles. The van der Waals surface area contributed by atoms with E-state index in [1.165, 1.54) is 7.11 Å². The molecule has 1 heterocycles. The third-order valence-corrected chi connectivity index (χ3v) is 2.79. The first-order valence-corrected chi connectivity index (χ1v) is 6.18. The van der Waals surface area contributed by atoms with Gasteiger partial charge in [-0.25, -0.2) is 0 Å². The predicted octanol–water partition coefficient (Wildman–Crippen LogP) is 0.874. The van der Waals surface area contributed by atoms with Crippen molar-refractivity contribution >= 4 is 0 Å². The molecule has 0 aliphatic carbocycles. The van der Waals surface area contributed by atoms with Gasteiger partial charge in [0.05, 0.1) is 20.2 Å². The first-order valence-electron chi connectivity index (χ1n) is 6.18. The number of aromatic nitrogens is 2. The van der Waals surface area contributed by atoms with E-state index in [2.05, 4.69) is 10.1 Å². The van der Waals surface area contributed by atoms with Gasteiger partial charge in [-0.05, 0) is 24.7 Å². The molecule has 1 aromatic carbocycles. The van der Waals surface area contributed by atoms with Gasteiger partial charge in [0.2, 0.25) is 5.89 Å². The van der Waals surface area contributed by atoms with Gasteiger partial charge in [0.15, 0.2) is 17.3 Å². The summed E-state index contributed by atoms with van der Waals surface area (Å²) in [6.45, 7) is 1.42. The topological polar surface area (TPSA) is 97.6 Å². The maximum Gasteiger partial charge on any atom is 0.240 e. The van der Waals surface area contributed by atoms with Crippen LogP contribution in [0.15, 0.2) is 22.7 Å². The Morgan fingerprint density at radius 3 is 2.80 bits per heavy atom. The highest BCUT2D eigenvalue weighted by Gasteiger charge is 2.09. The Labute approximate surface area is 117 Å². The van der Waals surface area contributed by atoms with Crippen LogP contribution in [0.2, 0.25) is 0 Å². The molecule has 7 nitrogen and oxygen atoms in total. The molecule has 1 aromatic heterocycles. The summed E-state index contributed by atoms with van der Waals surface area (Å²) < 4.78 is 9.95. The van der Waals surface area contributed by atoms with Crippen molar-refractivity contribution < 1.29 is 14.4 Å². The maximum absolute atomic E-state index is 9.73. The minimum absolute atomic E-state index is 0.128. The van der Waals surface area contributed by atoms with E-state index in [1.807, 2.05) is 18.0 Å². The van der Waals surface area contributed by atoms with E-state index in [4.69, 9.17) is 15.0 Å². The van der Waals surface area contributed by atoms with Crippen molar-refractivity contribution in [1.82, 2.24) is 15.0 Å². The molecule has 0 unspecified atom stereocenters. The van der Waals surface area contributed by atoms with E-state index >= 15 is 0 Å². The number of hydrogen-bond donors (Lipinski definition) is 2. The number of nitrogens with zero attached hydrogens (tertiary/aromatic N) is 3. The molecule has 0 aliphatic rings. The quantitative estimate of drug-likeness (QED) is 0.809. The van der Waals surface area contributed by atoms with Crippen molar-refractivity contribution in [2.75, 3.05) is 14.2 Å². The van der Waals surface area contributed by atoms with E-state index in [9.17, 15) is 5.11 Å². The first kappa shape index (κ1) is 14.3. The largest absolute Gasteiger partial charge is 0.504 e. The SMILES string of the molecule is COc1ccc(CN(C)Cc2noc(CN)n2)cc1O. The van der Waals surface area contributed by atoms with Crippen LogP contribution in [0.3, 0.4) is 0 Å². The minimum Gasteiger partial charge on any atom is -0.504 e. The lowest BCUT2D eigenvalue weighted by molar-refractivity contribution is 0.299. The fraction of sp³-hybridized carbons (Fsp3) is 0.385. The second-order valence-corrected chi connectivity index (χ2v) is 4.49. The molecule has 0 saturated carbocycles. The van der Waals surface area contributed by atoms with Crippen LogP contribution in [0.25, 0.3) is 0 Å². The highest BCUT2D eigenvalue weighted by Crippen LogP contribution is 2.26. The van der Waals surface area contributed by atoms with Crippen LogP contribution in [0.4, 0.5) is 0 Å². The molecule has 2 rings (SSSR count). The lowest BCUT2D eigenvalue weighted by atomic mass is 10.2. The summed E-state index contributed by atoms with van der Waals surface area (Å²) in [6, 6.07) is 5.31. The molecule has 0 bridgehead atoms. The van der Waals surface area contributed by atoms with Gasteiger partial charge in [-0.2, -0.15) is 4.98 Å². The van der Waals surface area contributed by atoms with Crippen molar-refractivity contribution in [3.8, 4) is 11.5 Å². The van der Waals surface area contributed by atoms with Crippen LogP contribution in [-0.4, -0.2) is 34.3 Å². The third kappa shape index (κ3) is 3.46. The van der Waals surface area contributed by atoms with E-state index in [-0.39, 0.29) is 12.3 Å². The molecule has 2 aromatic rings. The maximum atomic E-state index is 9.73. The van der Waals surface area contributed by atoms with Crippen molar-refractivity contribution in [3.05, 3.63) is 35.5 Å². The second-order valence-electron chi connectivity index (χ2n) is 4.49. The van der Waals surface area contributed by atoms with Crippen molar-refractivity contribution in [2.45, 2.75) is 19.6 Å². The van der Waals surface area contributed by atoms with E-state index < -0.39 is 0 Å². The monoisotopic (exact) mass is 278 g/mol. The highest BCUT2D eigenvalue weighted by atomic mass is 16.5. The molecular formula is C13H18N4O3. The fourth-order valence-electron chi connectivity index (χ4n) is 1.88. The smallest absolute Gasteiger partial charge is 0.240 e. The molecule has 0 fully saturated rings. The highest BCUT2D eigenvalue weighted by molar-refractivity contribution is 5.41. The Morgan fingerprint density at radius 2 is 2.20 bits per heavy atom. The van der Waals surface area contributed by atoms with E-state index in [0.29, 0.717) is 30.6 Å². The Bertz CT molecular complexity index is 570. The summed E-state index contributed by atoms with van der Waals surface area (Å²) in [7, 11) is 3.45. The summed E-state index contributed by atoms with van der Waals surface area (Å²) in [5.41, 5.74) is 6.38. The van der Waals surface area contributed by atoms with Crippen LogP contribution in [0.1, 0.15) is 17.3 Å². The van der Waals surface area contributed by atoms with Crippen LogP contribution in [-0.2, 0) is 19.6 Å². The number of hydrogen-bond acceptors (Lipinski definition) is 7. The molecule has 20 heavy (non-hydrogen) atoms. The van der Waals surface area contributed by atoms with Crippen LogP contribution < -0.4 is 10.5 Å². The van der Waals surface area contributed by atoms with Gasteiger partial charge in [-0.3, -0.25) is 4.90 Å². The number of aromatic hydroxyl groups is 1. The average Bonchev–Trinajstić information content (AvgIpc) is 2.86. The van der Waals surface area contributed by atoms with Gasteiger partial charge in [-0.15, -0.1) is 0 Å². The Kier molecular flexibility index (Phi) is 4.54. The fourth-order valence-corrected chi connectivity index (χ4v) is 1.88. The van der Waals surface area contributed by atoms with Crippen LogP contribution in [0, 0.1) is 0 Å². The minimum atomic E-state index is 0.128. The van der Waals surface area contributed by atoms with Gasteiger partial charge < -0.3 is 20.1 Å². The lowest BCUT2D eigenvalue weighted by Crippen LogP contribution is -2.18. The lowest BCUT2D eigenvalue weighted by Gasteiger charge is -2.15. The molecule has 0 spiro atoms. The summed E-state index contributed by atoms with van der Waals surface area (Å²) >= 11 is 0. The molecule has 0 radical (unpaired) electrons. The van der Waals surface area contributed by atoms with Crippen molar-refractivity contribution in [3.63, 3.8) is 0 Å². The number of phenols is 1. The summed E-state index contributed by atoms with van der Waals surface area (Å²) in [6.07, 6.45) is 0.